The van der Waals surface area contributed by atoms with Crippen molar-refractivity contribution in [3.63, 3.8) is 0 Å². The van der Waals surface area contributed by atoms with Crippen LogP contribution in [-0.4, -0.2) is 32.2 Å². The maximum absolute atomic E-state index is 13.5. The lowest BCUT2D eigenvalue weighted by atomic mass is 10.1. The molecule has 160 valence electrons. The minimum absolute atomic E-state index is 0.239. The number of aryl methyl sites for hydroxylation is 2. The van der Waals surface area contributed by atoms with Crippen molar-refractivity contribution in [3.8, 4) is 23.0 Å². The lowest BCUT2D eigenvalue weighted by molar-refractivity contribution is -0.142. The summed E-state index contributed by atoms with van der Waals surface area (Å²) in [6, 6.07) is 8.69. The van der Waals surface area contributed by atoms with Crippen LogP contribution in [0.2, 0.25) is 0 Å². The fourth-order valence-corrected chi connectivity index (χ4v) is 4.60. The molecule has 2 aromatic carbocycles. The van der Waals surface area contributed by atoms with Crippen molar-refractivity contribution in [1.29, 1.82) is 0 Å². The van der Waals surface area contributed by atoms with E-state index in [9.17, 15) is 9.18 Å². The molecule has 0 bridgehead atoms. The van der Waals surface area contributed by atoms with Gasteiger partial charge in [0.25, 0.3) is 0 Å². The highest BCUT2D eigenvalue weighted by atomic mass is 79.9. The molecule has 2 heterocycles. The fraction of sp³-hybridized carbons (Fsp3) is 0.190. The van der Waals surface area contributed by atoms with Gasteiger partial charge in [0, 0.05) is 19.4 Å². The molecule has 4 aromatic rings. The highest BCUT2D eigenvalue weighted by molar-refractivity contribution is 9.11. The number of oxazole rings is 1. The summed E-state index contributed by atoms with van der Waals surface area (Å²) in [4.78, 5) is 22.9. The Morgan fingerprint density at radius 1 is 1.23 bits per heavy atom. The molecule has 0 fully saturated rings. The number of halogens is 3. The molecule has 7 nitrogen and oxygen atoms in total. The Hall–Kier alpha value is -2.72. The standard InChI is InChI=1S/C21H16Br2FN3O4/c1-9-18(25-10(2)30-9)20-26-16-4-3-12(8-17(16)27-20)31-19-13(22)5-11(6-14(19)23)7-15(24)21(28)29/h3-6,8,15H,7H2,1-2H3,(H,26,27)(H,28,29). The van der Waals surface area contributed by atoms with E-state index < -0.39 is 12.1 Å². The van der Waals surface area contributed by atoms with Crippen molar-refractivity contribution >= 4 is 48.9 Å². The number of nitrogens with zero attached hydrogens (tertiary/aromatic N) is 2. The highest BCUT2D eigenvalue weighted by Crippen LogP contribution is 2.39. The molecule has 2 N–H and O–H groups in total. The van der Waals surface area contributed by atoms with E-state index in [0.29, 0.717) is 49.2 Å². The monoisotopic (exact) mass is 551 g/mol. The van der Waals surface area contributed by atoms with Gasteiger partial charge < -0.3 is 19.2 Å². The number of carboxylic acid groups (broad SMARTS) is 1. The van der Waals surface area contributed by atoms with E-state index in [1.54, 1.807) is 25.1 Å². The molecule has 0 saturated carbocycles. The molecule has 10 heteroatoms. The number of ether oxygens (including phenoxy) is 1. The van der Waals surface area contributed by atoms with E-state index in [2.05, 4.69) is 46.8 Å². The van der Waals surface area contributed by atoms with E-state index in [-0.39, 0.29) is 6.42 Å². The number of carbonyl (C=O) groups is 1. The van der Waals surface area contributed by atoms with Gasteiger partial charge in [-0.05, 0) is 68.6 Å². The molecule has 0 aliphatic heterocycles. The first-order valence-electron chi connectivity index (χ1n) is 9.18. The molecular formula is C21H16Br2FN3O4. The molecule has 0 radical (unpaired) electrons. The van der Waals surface area contributed by atoms with Crippen molar-refractivity contribution in [2.45, 2.75) is 26.4 Å². The van der Waals surface area contributed by atoms with Crippen LogP contribution in [0.25, 0.3) is 22.6 Å². The number of benzene rings is 2. The van der Waals surface area contributed by atoms with Crippen LogP contribution in [0.3, 0.4) is 0 Å². The first-order chi connectivity index (χ1) is 14.7. The van der Waals surface area contributed by atoms with E-state index in [4.69, 9.17) is 14.3 Å². The Labute approximate surface area is 192 Å². The Bertz CT molecular complexity index is 1280. The number of aromatic nitrogens is 3. The molecule has 0 aliphatic carbocycles. The van der Waals surface area contributed by atoms with Crippen LogP contribution in [0, 0.1) is 13.8 Å². The number of aliphatic carboxylic acids is 1. The van der Waals surface area contributed by atoms with Crippen LogP contribution in [-0.2, 0) is 11.2 Å². The second-order valence-electron chi connectivity index (χ2n) is 6.90. The maximum atomic E-state index is 13.5. The molecule has 31 heavy (non-hydrogen) atoms. The Kier molecular flexibility index (Phi) is 5.85. The number of imidazole rings is 1. The first-order valence-corrected chi connectivity index (χ1v) is 10.8. The lowest BCUT2D eigenvalue weighted by Crippen LogP contribution is -2.17. The lowest BCUT2D eigenvalue weighted by Gasteiger charge is -2.12. The normalized spacial score (nSPS) is 12.3. The minimum atomic E-state index is -1.97. The smallest absolute Gasteiger partial charge is 0.338 e. The van der Waals surface area contributed by atoms with Gasteiger partial charge in [-0.2, -0.15) is 0 Å². The fourth-order valence-electron chi connectivity index (χ4n) is 3.15. The van der Waals surface area contributed by atoms with Crippen LogP contribution in [0.15, 0.2) is 43.7 Å². The van der Waals surface area contributed by atoms with Gasteiger partial charge in [-0.3, -0.25) is 0 Å². The van der Waals surface area contributed by atoms with E-state index in [1.165, 1.54) is 0 Å². The van der Waals surface area contributed by atoms with Gasteiger partial charge in [0.1, 0.15) is 17.2 Å². The van der Waals surface area contributed by atoms with Gasteiger partial charge in [0.15, 0.2) is 17.5 Å². The highest BCUT2D eigenvalue weighted by Gasteiger charge is 2.19. The van der Waals surface area contributed by atoms with Crippen LogP contribution < -0.4 is 4.74 Å². The summed E-state index contributed by atoms with van der Waals surface area (Å²) in [6.45, 7) is 3.61. The third-order valence-corrected chi connectivity index (χ3v) is 5.72. The third kappa shape index (κ3) is 4.49. The zero-order valence-corrected chi connectivity index (χ0v) is 19.5. The van der Waals surface area contributed by atoms with Gasteiger partial charge in [0.05, 0.1) is 20.0 Å². The van der Waals surface area contributed by atoms with Crippen molar-refractivity contribution in [2.24, 2.45) is 0 Å². The summed E-state index contributed by atoms with van der Waals surface area (Å²) < 4.78 is 26.2. The quantitative estimate of drug-likeness (QED) is 0.299. The predicted molar refractivity (Wildman–Crippen MR) is 119 cm³/mol. The van der Waals surface area contributed by atoms with Crippen LogP contribution in [0.5, 0.6) is 11.5 Å². The van der Waals surface area contributed by atoms with Crippen molar-refractivity contribution in [3.05, 3.63) is 56.5 Å². The van der Waals surface area contributed by atoms with Crippen molar-refractivity contribution in [1.82, 2.24) is 15.0 Å². The summed E-state index contributed by atoms with van der Waals surface area (Å²) >= 11 is 6.83. The number of rotatable bonds is 6. The molecule has 0 aliphatic rings. The number of hydrogen-bond donors (Lipinski definition) is 2. The number of nitrogens with one attached hydrogen (secondary N) is 1. The number of alkyl halides is 1. The van der Waals surface area contributed by atoms with Crippen LogP contribution >= 0.6 is 31.9 Å². The van der Waals surface area contributed by atoms with E-state index >= 15 is 0 Å². The summed E-state index contributed by atoms with van der Waals surface area (Å²) in [7, 11) is 0. The Balaban J connectivity index is 1.61. The zero-order valence-electron chi connectivity index (χ0n) is 16.4. The molecular weight excluding hydrogens is 537 g/mol. The summed E-state index contributed by atoms with van der Waals surface area (Å²) in [5, 5.41) is 8.77. The van der Waals surface area contributed by atoms with E-state index in [0.717, 1.165) is 11.0 Å². The molecule has 2 aromatic heterocycles. The second kappa shape index (κ2) is 8.43. The van der Waals surface area contributed by atoms with Gasteiger partial charge in [0.2, 0.25) is 6.17 Å². The molecule has 0 spiro atoms. The first kappa shape index (κ1) is 21.5. The number of aromatic amines is 1. The van der Waals surface area contributed by atoms with E-state index in [1.807, 2.05) is 19.1 Å². The number of hydrogen-bond acceptors (Lipinski definition) is 5. The van der Waals surface area contributed by atoms with Gasteiger partial charge in [-0.25, -0.2) is 19.2 Å². The molecule has 0 amide bonds. The van der Waals surface area contributed by atoms with Gasteiger partial charge in [-0.1, -0.05) is 0 Å². The maximum Gasteiger partial charge on any atom is 0.338 e. The number of fused-ring (bicyclic) bond motifs is 1. The zero-order chi connectivity index (χ0) is 22.3. The average Bonchev–Trinajstić information content (AvgIpc) is 3.26. The van der Waals surface area contributed by atoms with Crippen molar-refractivity contribution in [2.75, 3.05) is 0 Å². The van der Waals surface area contributed by atoms with Gasteiger partial charge >= 0.3 is 5.97 Å². The Morgan fingerprint density at radius 3 is 2.55 bits per heavy atom. The van der Waals surface area contributed by atoms with Crippen LogP contribution in [0.1, 0.15) is 17.2 Å². The predicted octanol–water partition coefficient (Wildman–Crippen LogP) is 6.12. The number of carboxylic acids is 1. The second-order valence-corrected chi connectivity index (χ2v) is 8.61. The minimum Gasteiger partial charge on any atom is -0.479 e. The molecule has 0 saturated heterocycles. The SMILES string of the molecule is Cc1nc(-c2nc3ccc(Oc4c(Br)cc(CC(F)C(=O)O)cc4Br)cc3[nH]2)c(C)o1. The van der Waals surface area contributed by atoms with Gasteiger partial charge in [-0.15, -0.1) is 0 Å². The molecule has 1 atom stereocenters. The topological polar surface area (TPSA) is 101 Å². The summed E-state index contributed by atoms with van der Waals surface area (Å²) in [5.74, 6) is 1.40. The largest absolute Gasteiger partial charge is 0.479 e. The van der Waals surface area contributed by atoms with Crippen LogP contribution in [0.4, 0.5) is 4.39 Å². The van der Waals surface area contributed by atoms with Crippen molar-refractivity contribution < 1.29 is 23.4 Å². The molecule has 4 rings (SSSR count). The summed E-state index contributed by atoms with van der Waals surface area (Å²) in [5.41, 5.74) is 2.69. The summed E-state index contributed by atoms with van der Waals surface area (Å²) in [6.07, 6.45) is -2.21. The third-order valence-electron chi connectivity index (χ3n) is 4.54. The average molecular weight is 553 g/mol. The number of H-pyrrole nitrogens is 1. The molecule has 1 unspecified atom stereocenters. The Morgan fingerprint density at radius 2 is 1.94 bits per heavy atom.